The van der Waals surface area contributed by atoms with Crippen LogP contribution in [-0.2, 0) is 6.61 Å². The normalized spacial score (nSPS) is 9.55. The summed E-state index contributed by atoms with van der Waals surface area (Å²) < 4.78 is 0. The number of carbonyl (C=O) groups excluding carboxylic acids is 1. The number of aldehydes is 1. The number of nitrogens with zero attached hydrogens (tertiary/aromatic N) is 1. The van der Waals surface area contributed by atoms with Gasteiger partial charge in [-0.3, -0.25) is 9.78 Å². The van der Waals surface area contributed by atoms with E-state index in [0.29, 0.717) is 11.8 Å². The molecule has 0 saturated heterocycles. The minimum absolute atomic E-state index is 0.0995. The highest BCUT2D eigenvalue weighted by molar-refractivity contribution is 5.80. The maximum atomic E-state index is 10.3. The predicted molar refractivity (Wildman–Crippen MR) is 37.2 cm³/mol. The second kappa shape index (κ2) is 3.12. The number of rotatable bonds is 2. The van der Waals surface area contributed by atoms with Crippen LogP contribution in [0.25, 0.3) is 0 Å². The van der Waals surface area contributed by atoms with Gasteiger partial charge in [-0.15, -0.1) is 0 Å². The van der Waals surface area contributed by atoms with Gasteiger partial charge in [0.05, 0.1) is 18.4 Å². The van der Waals surface area contributed by atoms with Crippen LogP contribution in [0.15, 0.2) is 12.4 Å². The van der Waals surface area contributed by atoms with Crippen molar-refractivity contribution < 1.29 is 15.0 Å². The van der Waals surface area contributed by atoms with Crippen molar-refractivity contribution in [2.75, 3.05) is 0 Å². The van der Waals surface area contributed by atoms with Crippen LogP contribution in [0.4, 0.5) is 0 Å². The van der Waals surface area contributed by atoms with Crippen LogP contribution < -0.4 is 0 Å². The zero-order valence-electron chi connectivity index (χ0n) is 5.69. The zero-order valence-corrected chi connectivity index (χ0v) is 5.69. The third-order valence-corrected chi connectivity index (χ3v) is 1.34. The van der Waals surface area contributed by atoms with Crippen LogP contribution in [0, 0.1) is 0 Å². The Bertz CT molecular complexity index is 272. The lowest BCUT2D eigenvalue weighted by Crippen LogP contribution is -1.93. The number of aliphatic hydroxyl groups is 1. The molecule has 0 unspecified atom stereocenters. The van der Waals surface area contributed by atoms with Gasteiger partial charge in [0.1, 0.15) is 5.75 Å². The van der Waals surface area contributed by atoms with Gasteiger partial charge in [-0.1, -0.05) is 0 Å². The SMILES string of the molecule is O=Cc1c(O)cncc1CO. The third-order valence-electron chi connectivity index (χ3n) is 1.34. The Hall–Kier alpha value is -1.42. The van der Waals surface area contributed by atoms with Gasteiger partial charge in [0.25, 0.3) is 0 Å². The Balaban J connectivity index is 3.24. The molecule has 0 fully saturated rings. The predicted octanol–water partition coefficient (Wildman–Crippen LogP) is 0.0920. The second-order valence-corrected chi connectivity index (χ2v) is 2.01. The van der Waals surface area contributed by atoms with E-state index in [1.807, 2.05) is 0 Å². The first-order valence-electron chi connectivity index (χ1n) is 3.01. The Morgan fingerprint density at radius 2 is 2.27 bits per heavy atom. The fourth-order valence-electron chi connectivity index (χ4n) is 0.763. The Morgan fingerprint density at radius 1 is 1.55 bits per heavy atom. The van der Waals surface area contributed by atoms with Crippen LogP contribution in [0.2, 0.25) is 0 Å². The smallest absolute Gasteiger partial charge is 0.154 e. The molecular formula is C7H7NO3. The van der Waals surface area contributed by atoms with Gasteiger partial charge in [0.2, 0.25) is 0 Å². The molecular weight excluding hydrogens is 146 g/mol. The summed E-state index contributed by atoms with van der Waals surface area (Å²) in [5, 5.41) is 17.7. The first-order valence-corrected chi connectivity index (χ1v) is 3.01. The molecule has 1 aromatic rings. The quantitative estimate of drug-likeness (QED) is 0.591. The second-order valence-electron chi connectivity index (χ2n) is 2.01. The molecule has 1 aromatic heterocycles. The van der Waals surface area contributed by atoms with Crippen molar-refractivity contribution in [3.8, 4) is 5.75 Å². The van der Waals surface area contributed by atoms with E-state index in [9.17, 15) is 4.79 Å². The first kappa shape index (κ1) is 7.68. The van der Waals surface area contributed by atoms with Crippen LogP contribution >= 0.6 is 0 Å². The summed E-state index contributed by atoms with van der Waals surface area (Å²) in [7, 11) is 0. The number of hydrogen-bond donors (Lipinski definition) is 2. The Labute approximate surface area is 63.1 Å². The number of hydrogen-bond acceptors (Lipinski definition) is 4. The van der Waals surface area contributed by atoms with E-state index < -0.39 is 0 Å². The average Bonchev–Trinajstić information content (AvgIpc) is 2.04. The highest BCUT2D eigenvalue weighted by Crippen LogP contribution is 2.16. The molecule has 0 aliphatic heterocycles. The number of aliphatic hydroxyl groups excluding tert-OH is 1. The minimum Gasteiger partial charge on any atom is -0.506 e. The average molecular weight is 153 g/mol. The van der Waals surface area contributed by atoms with Crippen LogP contribution in [0.1, 0.15) is 15.9 Å². The van der Waals surface area contributed by atoms with E-state index in [1.165, 1.54) is 6.20 Å². The van der Waals surface area contributed by atoms with Crippen molar-refractivity contribution in [3.63, 3.8) is 0 Å². The summed E-state index contributed by atoms with van der Waals surface area (Å²) in [5.74, 6) is -0.202. The number of aromatic hydroxyl groups is 1. The minimum atomic E-state index is -0.296. The highest BCUT2D eigenvalue weighted by atomic mass is 16.3. The van der Waals surface area contributed by atoms with E-state index >= 15 is 0 Å². The fourth-order valence-corrected chi connectivity index (χ4v) is 0.763. The van der Waals surface area contributed by atoms with E-state index in [4.69, 9.17) is 10.2 Å². The zero-order chi connectivity index (χ0) is 8.27. The Kier molecular flexibility index (Phi) is 2.18. The molecule has 0 radical (unpaired) electrons. The van der Waals surface area contributed by atoms with Gasteiger partial charge in [-0.2, -0.15) is 0 Å². The third kappa shape index (κ3) is 1.35. The standard InChI is InChI=1S/C7H7NO3/c9-3-5-1-8-2-7(11)6(5)4-10/h1-2,4,9,11H,3H2. The van der Waals surface area contributed by atoms with E-state index in [2.05, 4.69) is 4.98 Å². The van der Waals surface area contributed by atoms with Gasteiger partial charge in [-0.25, -0.2) is 0 Å². The molecule has 0 bridgehead atoms. The van der Waals surface area contributed by atoms with Gasteiger partial charge in [-0.05, 0) is 0 Å². The summed E-state index contributed by atoms with van der Waals surface area (Å²) in [6.45, 7) is -0.296. The lowest BCUT2D eigenvalue weighted by molar-refractivity contribution is 0.111. The molecule has 58 valence electrons. The van der Waals surface area contributed by atoms with E-state index in [0.717, 1.165) is 6.20 Å². The molecule has 0 aliphatic rings. The van der Waals surface area contributed by atoms with Crippen molar-refractivity contribution in [2.45, 2.75) is 6.61 Å². The summed E-state index contributed by atoms with van der Waals surface area (Å²) in [6.07, 6.45) is 2.98. The number of carbonyl (C=O) groups is 1. The number of pyridine rings is 1. The van der Waals surface area contributed by atoms with Crippen molar-refractivity contribution >= 4 is 6.29 Å². The molecule has 0 aromatic carbocycles. The lowest BCUT2D eigenvalue weighted by Gasteiger charge is -2.00. The molecule has 1 heterocycles. The van der Waals surface area contributed by atoms with Gasteiger partial charge in [0, 0.05) is 11.8 Å². The van der Waals surface area contributed by atoms with Crippen molar-refractivity contribution in [3.05, 3.63) is 23.5 Å². The molecule has 0 saturated carbocycles. The summed E-state index contributed by atoms with van der Waals surface area (Å²) in [4.78, 5) is 13.9. The molecule has 4 heteroatoms. The summed E-state index contributed by atoms with van der Waals surface area (Å²) >= 11 is 0. The van der Waals surface area contributed by atoms with Gasteiger partial charge < -0.3 is 10.2 Å². The molecule has 0 spiro atoms. The van der Waals surface area contributed by atoms with Crippen LogP contribution in [0.3, 0.4) is 0 Å². The first-order chi connectivity index (χ1) is 5.29. The van der Waals surface area contributed by atoms with E-state index in [1.54, 1.807) is 0 Å². The summed E-state index contributed by atoms with van der Waals surface area (Å²) in [5.41, 5.74) is 0.433. The van der Waals surface area contributed by atoms with Crippen molar-refractivity contribution in [1.82, 2.24) is 4.98 Å². The molecule has 0 amide bonds. The molecule has 1 rings (SSSR count). The molecule has 4 nitrogen and oxygen atoms in total. The number of aromatic nitrogens is 1. The molecule has 0 atom stereocenters. The van der Waals surface area contributed by atoms with E-state index in [-0.39, 0.29) is 17.9 Å². The van der Waals surface area contributed by atoms with Crippen molar-refractivity contribution in [1.29, 1.82) is 0 Å². The summed E-state index contributed by atoms with van der Waals surface area (Å²) in [6, 6.07) is 0. The fraction of sp³-hybridized carbons (Fsp3) is 0.143. The van der Waals surface area contributed by atoms with Crippen LogP contribution in [-0.4, -0.2) is 21.5 Å². The Morgan fingerprint density at radius 3 is 2.73 bits per heavy atom. The van der Waals surface area contributed by atoms with Crippen molar-refractivity contribution in [2.24, 2.45) is 0 Å². The molecule has 11 heavy (non-hydrogen) atoms. The monoisotopic (exact) mass is 153 g/mol. The largest absolute Gasteiger partial charge is 0.506 e. The maximum Gasteiger partial charge on any atom is 0.154 e. The van der Waals surface area contributed by atoms with Gasteiger partial charge >= 0.3 is 0 Å². The topological polar surface area (TPSA) is 70.4 Å². The van der Waals surface area contributed by atoms with Gasteiger partial charge in [0.15, 0.2) is 6.29 Å². The lowest BCUT2D eigenvalue weighted by atomic mass is 10.1. The highest BCUT2D eigenvalue weighted by Gasteiger charge is 2.05. The van der Waals surface area contributed by atoms with Crippen LogP contribution in [0.5, 0.6) is 5.75 Å². The molecule has 2 N–H and O–H groups in total. The maximum absolute atomic E-state index is 10.3. The molecule has 0 aliphatic carbocycles.